The van der Waals surface area contributed by atoms with Gasteiger partial charge in [0.1, 0.15) is 6.10 Å². The molecule has 1 unspecified atom stereocenters. The van der Waals surface area contributed by atoms with Gasteiger partial charge in [-0.05, 0) is 51.0 Å². The van der Waals surface area contributed by atoms with Gasteiger partial charge >= 0.3 is 6.09 Å². The van der Waals surface area contributed by atoms with Gasteiger partial charge in [-0.1, -0.05) is 0 Å². The number of likely N-dealkylation sites (tertiary alicyclic amines) is 1. The van der Waals surface area contributed by atoms with Gasteiger partial charge in [-0.2, -0.15) is 0 Å². The zero-order valence-corrected chi connectivity index (χ0v) is 12.4. The van der Waals surface area contributed by atoms with Crippen molar-refractivity contribution in [2.24, 2.45) is 5.41 Å². The fraction of sp³-hybridized carbons (Fsp3) is 0.933. The number of nitrogens with zero attached hydrogens (tertiary/aromatic N) is 1. The first-order chi connectivity index (χ1) is 9.68. The van der Waals surface area contributed by atoms with Gasteiger partial charge in [-0.25, -0.2) is 4.79 Å². The molecule has 5 heteroatoms. The lowest BCUT2D eigenvalue weighted by Crippen LogP contribution is -2.57. The molecule has 0 radical (unpaired) electrons. The molecule has 1 atom stereocenters. The predicted octanol–water partition coefficient (Wildman–Crippen LogP) is 1.77. The summed E-state index contributed by atoms with van der Waals surface area (Å²) in [4.78, 5) is 14.3. The van der Waals surface area contributed by atoms with Crippen LogP contribution in [0.4, 0.5) is 4.79 Å². The summed E-state index contributed by atoms with van der Waals surface area (Å²) >= 11 is 0. The number of hydrogen-bond donors (Lipinski definition) is 1. The van der Waals surface area contributed by atoms with Crippen LogP contribution in [0, 0.1) is 5.41 Å². The van der Waals surface area contributed by atoms with Crippen molar-refractivity contribution in [3.05, 3.63) is 0 Å². The number of carbonyl (C=O) groups excluding carboxylic acids is 1. The van der Waals surface area contributed by atoms with E-state index in [0.29, 0.717) is 11.5 Å². The molecule has 1 N–H and O–H groups in total. The van der Waals surface area contributed by atoms with Crippen LogP contribution in [-0.4, -0.2) is 56.5 Å². The third kappa shape index (κ3) is 2.93. The fourth-order valence-corrected chi connectivity index (χ4v) is 3.73. The van der Waals surface area contributed by atoms with E-state index >= 15 is 0 Å². The van der Waals surface area contributed by atoms with E-state index < -0.39 is 0 Å². The van der Waals surface area contributed by atoms with Crippen molar-refractivity contribution >= 4 is 6.09 Å². The molecule has 3 aliphatic rings. The number of rotatable bonds is 2. The molecule has 3 fully saturated rings. The van der Waals surface area contributed by atoms with Gasteiger partial charge in [0, 0.05) is 32.3 Å². The standard InChI is InChI=1S/C15H26N2O3/c1-17-8-3-12(4-9-17)20-14(18)16-13-2-5-15(13)6-10-19-11-7-15/h12-13H,2-11H2,1H3,(H,16,18). The molecular formula is C15H26N2O3. The second-order valence-electron chi connectivity index (χ2n) is 6.62. The smallest absolute Gasteiger partial charge is 0.407 e. The van der Waals surface area contributed by atoms with Gasteiger partial charge in [0.05, 0.1) is 0 Å². The van der Waals surface area contributed by atoms with Crippen molar-refractivity contribution in [3.63, 3.8) is 0 Å². The number of hydrogen-bond acceptors (Lipinski definition) is 4. The van der Waals surface area contributed by atoms with Crippen LogP contribution in [0.2, 0.25) is 0 Å². The molecule has 20 heavy (non-hydrogen) atoms. The van der Waals surface area contributed by atoms with E-state index in [-0.39, 0.29) is 12.2 Å². The Bertz CT molecular complexity index is 347. The first-order valence-electron chi connectivity index (χ1n) is 7.91. The SMILES string of the molecule is CN1CCC(OC(=O)NC2CCC23CCOCC3)CC1. The summed E-state index contributed by atoms with van der Waals surface area (Å²) in [6.07, 6.45) is 6.24. The molecule has 0 bridgehead atoms. The molecule has 0 aromatic heterocycles. The molecule has 0 aromatic carbocycles. The lowest BCUT2D eigenvalue weighted by molar-refractivity contribution is -0.0556. The maximum atomic E-state index is 12.0. The topological polar surface area (TPSA) is 50.8 Å². The Kier molecular flexibility index (Phi) is 4.17. The minimum Gasteiger partial charge on any atom is -0.446 e. The van der Waals surface area contributed by atoms with E-state index in [9.17, 15) is 4.79 Å². The van der Waals surface area contributed by atoms with E-state index in [2.05, 4.69) is 17.3 Å². The summed E-state index contributed by atoms with van der Waals surface area (Å²) in [6.45, 7) is 3.70. The summed E-state index contributed by atoms with van der Waals surface area (Å²) in [5, 5.41) is 3.11. The summed E-state index contributed by atoms with van der Waals surface area (Å²) in [5.41, 5.74) is 0.296. The minimum absolute atomic E-state index is 0.0944. The molecule has 1 spiro atoms. The highest BCUT2D eigenvalue weighted by Crippen LogP contribution is 2.48. The van der Waals surface area contributed by atoms with Gasteiger partial charge in [-0.15, -0.1) is 0 Å². The average Bonchev–Trinajstić information content (AvgIpc) is 2.47. The molecule has 1 saturated carbocycles. The Hall–Kier alpha value is -0.810. The molecule has 114 valence electrons. The van der Waals surface area contributed by atoms with Crippen molar-refractivity contribution in [2.45, 2.75) is 50.7 Å². The summed E-state index contributed by atoms with van der Waals surface area (Å²) in [7, 11) is 2.11. The number of ether oxygens (including phenoxy) is 2. The normalized spacial score (nSPS) is 30.8. The highest BCUT2D eigenvalue weighted by molar-refractivity contribution is 5.68. The first kappa shape index (κ1) is 14.1. The second kappa shape index (κ2) is 5.90. The first-order valence-corrected chi connectivity index (χ1v) is 7.91. The maximum Gasteiger partial charge on any atom is 0.407 e. The molecular weight excluding hydrogens is 256 g/mol. The zero-order valence-electron chi connectivity index (χ0n) is 12.4. The number of alkyl carbamates (subject to hydrolysis) is 1. The molecule has 2 saturated heterocycles. The Morgan fingerprint density at radius 3 is 2.50 bits per heavy atom. The maximum absolute atomic E-state index is 12.0. The highest BCUT2D eigenvalue weighted by Gasteiger charge is 2.48. The average molecular weight is 282 g/mol. The van der Waals surface area contributed by atoms with E-state index in [0.717, 1.165) is 58.4 Å². The largest absolute Gasteiger partial charge is 0.446 e. The van der Waals surface area contributed by atoms with Crippen LogP contribution in [0.1, 0.15) is 38.5 Å². The quantitative estimate of drug-likeness (QED) is 0.838. The van der Waals surface area contributed by atoms with E-state index in [4.69, 9.17) is 9.47 Å². The fourth-order valence-electron chi connectivity index (χ4n) is 3.73. The Morgan fingerprint density at radius 2 is 1.90 bits per heavy atom. The van der Waals surface area contributed by atoms with Crippen LogP contribution < -0.4 is 5.32 Å². The van der Waals surface area contributed by atoms with Gasteiger partial charge in [0.25, 0.3) is 0 Å². The van der Waals surface area contributed by atoms with Crippen LogP contribution in [0.15, 0.2) is 0 Å². The number of nitrogens with one attached hydrogen (secondary N) is 1. The van der Waals surface area contributed by atoms with E-state index in [1.54, 1.807) is 0 Å². The molecule has 2 aliphatic heterocycles. The molecule has 1 amide bonds. The monoisotopic (exact) mass is 282 g/mol. The summed E-state index contributed by atoms with van der Waals surface area (Å²) in [5.74, 6) is 0. The van der Waals surface area contributed by atoms with Gasteiger partial charge < -0.3 is 19.7 Å². The molecule has 0 aromatic rings. The van der Waals surface area contributed by atoms with Gasteiger partial charge in [0.15, 0.2) is 0 Å². The Morgan fingerprint density at radius 1 is 1.20 bits per heavy atom. The molecule has 1 aliphatic carbocycles. The third-order valence-electron chi connectivity index (χ3n) is 5.39. The van der Waals surface area contributed by atoms with Crippen LogP contribution in [0.25, 0.3) is 0 Å². The Balaban J connectivity index is 1.44. The van der Waals surface area contributed by atoms with E-state index in [1.807, 2.05) is 0 Å². The lowest BCUT2D eigenvalue weighted by atomic mass is 9.60. The van der Waals surface area contributed by atoms with Crippen molar-refractivity contribution in [3.8, 4) is 0 Å². The number of carbonyl (C=O) groups is 1. The summed E-state index contributed by atoms with van der Waals surface area (Å²) < 4.78 is 11.0. The third-order valence-corrected chi connectivity index (χ3v) is 5.39. The van der Waals surface area contributed by atoms with Crippen LogP contribution in [0.3, 0.4) is 0 Å². The van der Waals surface area contributed by atoms with Gasteiger partial charge in [-0.3, -0.25) is 0 Å². The second-order valence-corrected chi connectivity index (χ2v) is 6.62. The van der Waals surface area contributed by atoms with Crippen molar-refractivity contribution < 1.29 is 14.3 Å². The van der Waals surface area contributed by atoms with Crippen LogP contribution in [0.5, 0.6) is 0 Å². The Labute approximate surface area is 121 Å². The van der Waals surface area contributed by atoms with Crippen LogP contribution in [-0.2, 0) is 9.47 Å². The molecule has 2 heterocycles. The number of amides is 1. The van der Waals surface area contributed by atoms with Crippen LogP contribution >= 0.6 is 0 Å². The van der Waals surface area contributed by atoms with Crippen molar-refractivity contribution in [1.82, 2.24) is 10.2 Å². The molecule has 5 nitrogen and oxygen atoms in total. The number of piperidine rings is 1. The van der Waals surface area contributed by atoms with Crippen molar-refractivity contribution in [1.29, 1.82) is 0 Å². The minimum atomic E-state index is -0.213. The predicted molar refractivity (Wildman–Crippen MR) is 75.6 cm³/mol. The van der Waals surface area contributed by atoms with E-state index in [1.165, 1.54) is 6.42 Å². The van der Waals surface area contributed by atoms with Gasteiger partial charge in [0.2, 0.25) is 0 Å². The van der Waals surface area contributed by atoms with Crippen molar-refractivity contribution in [2.75, 3.05) is 33.4 Å². The summed E-state index contributed by atoms with van der Waals surface area (Å²) in [6, 6.07) is 0.296. The highest BCUT2D eigenvalue weighted by atomic mass is 16.6. The zero-order chi connectivity index (χ0) is 14.0. The lowest BCUT2D eigenvalue weighted by Gasteiger charge is -2.51. The molecule has 3 rings (SSSR count).